The van der Waals surface area contributed by atoms with Gasteiger partial charge in [0.05, 0.1) is 18.8 Å². The average molecular weight is 521 g/mol. The molecule has 0 saturated heterocycles. The predicted octanol–water partition coefficient (Wildman–Crippen LogP) is 4.40. The van der Waals surface area contributed by atoms with Crippen LogP contribution in [-0.4, -0.2) is 29.6 Å². The number of rotatable bonds is 9. The fourth-order valence-corrected chi connectivity index (χ4v) is 2.68. The molecule has 160 valence electrons. The second-order valence-electron chi connectivity index (χ2n) is 6.46. The van der Waals surface area contributed by atoms with Gasteiger partial charge in [0.1, 0.15) is 6.26 Å². The van der Waals surface area contributed by atoms with E-state index < -0.39 is 0 Å². The van der Waals surface area contributed by atoms with Gasteiger partial charge in [-0.2, -0.15) is 0 Å². The first kappa shape index (κ1) is 23.7. The molecular weight excluding hydrogens is 493 g/mol. The predicted molar refractivity (Wildman–Crippen MR) is 129 cm³/mol. The van der Waals surface area contributed by atoms with Crippen LogP contribution in [0.4, 0.5) is 0 Å². The average Bonchev–Trinajstić information content (AvgIpc) is 3.25. The topological polar surface area (TPSA) is 84.6 Å². The van der Waals surface area contributed by atoms with Gasteiger partial charge in [-0.3, -0.25) is 4.99 Å². The molecule has 0 fully saturated rings. The van der Waals surface area contributed by atoms with E-state index in [1.165, 1.54) is 0 Å². The Labute approximate surface area is 194 Å². The van der Waals surface area contributed by atoms with E-state index in [2.05, 4.69) is 32.5 Å². The zero-order chi connectivity index (χ0) is 20.3. The maximum absolute atomic E-state index is 5.78. The molecule has 3 rings (SSSR count). The smallest absolute Gasteiger partial charge is 0.226 e. The van der Waals surface area contributed by atoms with Crippen LogP contribution in [-0.2, 0) is 13.1 Å². The van der Waals surface area contributed by atoms with Gasteiger partial charge in [0.2, 0.25) is 11.8 Å². The van der Waals surface area contributed by atoms with E-state index in [1.807, 2.05) is 42.5 Å². The molecule has 2 N–H and O–H groups in total. The van der Waals surface area contributed by atoms with Gasteiger partial charge in [0.25, 0.3) is 0 Å². The summed E-state index contributed by atoms with van der Waals surface area (Å²) in [6.07, 6.45) is 5.50. The highest BCUT2D eigenvalue weighted by Gasteiger charge is 2.08. The van der Waals surface area contributed by atoms with E-state index in [0.29, 0.717) is 37.4 Å². The number of nitrogens with one attached hydrogen (secondary N) is 2. The molecule has 0 spiro atoms. The van der Waals surface area contributed by atoms with Gasteiger partial charge in [-0.25, -0.2) is 9.97 Å². The van der Waals surface area contributed by atoms with Gasteiger partial charge in [0.15, 0.2) is 5.96 Å². The molecule has 0 saturated carbocycles. The maximum atomic E-state index is 5.78. The first-order valence-corrected chi connectivity index (χ1v) is 9.81. The summed E-state index contributed by atoms with van der Waals surface area (Å²) in [6.45, 7) is 3.87. The lowest BCUT2D eigenvalue weighted by Crippen LogP contribution is -2.36. The zero-order valence-electron chi connectivity index (χ0n) is 17.3. The van der Waals surface area contributed by atoms with Crippen molar-refractivity contribution in [2.75, 3.05) is 13.7 Å². The Balaban J connectivity index is 0.00000320. The highest BCUT2D eigenvalue weighted by Crippen LogP contribution is 2.18. The van der Waals surface area contributed by atoms with Crippen LogP contribution >= 0.6 is 24.0 Å². The first-order valence-electron chi connectivity index (χ1n) is 9.81. The molecule has 0 aliphatic rings. The molecule has 7 nitrogen and oxygen atoms in total. The molecule has 2 aromatic heterocycles. The molecule has 0 aliphatic heterocycles. The summed E-state index contributed by atoms with van der Waals surface area (Å²) < 4.78 is 11.4. The number of guanidine groups is 1. The Morgan fingerprint density at radius 1 is 1.10 bits per heavy atom. The van der Waals surface area contributed by atoms with Crippen molar-refractivity contribution in [2.24, 2.45) is 4.99 Å². The van der Waals surface area contributed by atoms with Crippen molar-refractivity contribution in [3.63, 3.8) is 0 Å². The van der Waals surface area contributed by atoms with E-state index in [0.717, 1.165) is 29.7 Å². The molecule has 0 atom stereocenters. The standard InChI is InChI=1S/C22H27N5O2.HI/c1-3-4-13-28-20-18(11-8-12-24-20)14-25-22(23-2)26-15-19-16-29-21(27-19)17-9-6-5-7-10-17;/h5-12,16H,3-4,13-15H2,1-2H3,(H2,23,25,26);1H. The van der Waals surface area contributed by atoms with Gasteiger partial charge in [-0.05, 0) is 24.6 Å². The largest absolute Gasteiger partial charge is 0.477 e. The molecule has 8 heteroatoms. The lowest BCUT2D eigenvalue weighted by Gasteiger charge is -2.13. The van der Waals surface area contributed by atoms with Crippen LogP contribution < -0.4 is 15.4 Å². The molecular formula is C22H28IN5O2. The molecule has 0 aliphatic carbocycles. The van der Waals surface area contributed by atoms with Crippen molar-refractivity contribution in [3.8, 4) is 17.3 Å². The summed E-state index contributed by atoms with van der Waals surface area (Å²) in [6, 6.07) is 13.7. The van der Waals surface area contributed by atoms with Crippen molar-refractivity contribution >= 4 is 29.9 Å². The van der Waals surface area contributed by atoms with E-state index in [-0.39, 0.29) is 24.0 Å². The second kappa shape index (κ2) is 12.8. The highest BCUT2D eigenvalue weighted by molar-refractivity contribution is 14.0. The van der Waals surface area contributed by atoms with Crippen LogP contribution in [0.5, 0.6) is 5.88 Å². The summed E-state index contributed by atoms with van der Waals surface area (Å²) in [5.41, 5.74) is 2.74. The number of aliphatic imine (C=N–C) groups is 1. The molecule has 0 unspecified atom stereocenters. The number of hydrogen-bond donors (Lipinski definition) is 2. The van der Waals surface area contributed by atoms with Gasteiger partial charge in [-0.1, -0.05) is 37.6 Å². The number of hydrogen-bond acceptors (Lipinski definition) is 5. The normalized spacial score (nSPS) is 10.9. The van der Waals surface area contributed by atoms with E-state index in [4.69, 9.17) is 9.15 Å². The summed E-state index contributed by atoms with van der Waals surface area (Å²) in [7, 11) is 1.73. The van der Waals surface area contributed by atoms with Gasteiger partial charge in [-0.15, -0.1) is 24.0 Å². The molecule has 30 heavy (non-hydrogen) atoms. The van der Waals surface area contributed by atoms with E-state index in [1.54, 1.807) is 19.5 Å². The quantitative estimate of drug-likeness (QED) is 0.188. The number of nitrogens with zero attached hydrogens (tertiary/aromatic N) is 3. The van der Waals surface area contributed by atoms with Crippen LogP contribution in [0.3, 0.4) is 0 Å². The Bertz CT molecular complexity index is 915. The molecule has 0 amide bonds. The summed E-state index contributed by atoms with van der Waals surface area (Å²) in [5, 5.41) is 6.53. The monoisotopic (exact) mass is 521 g/mol. The summed E-state index contributed by atoms with van der Waals surface area (Å²) >= 11 is 0. The minimum absolute atomic E-state index is 0. The lowest BCUT2D eigenvalue weighted by molar-refractivity contribution is 0.294. The Kier molecular flexibility index (Phi) is 10.1. The lowest BCUT2D eigenvalue weighted by atomic mass is 10.2. The van der Waals surface area contributed by atoms with Crippen LogP contribution in [0.25, 0.3) is 11.5 Å². The van der Waals surface area contributed by atoms with E-state index in [9.17, 15) is 0 Å². The van der Waals surface area contributed by atoms with Crippen LogP contribution in [0, 0.1) is 0 Å². The summed E-state index contributed by atoms with van der Waals surface area (Å²) in [5.74, 6) is 1.93. The van der Waals surface area contributed by atoms with Gasteiger partial charge >= 0.3 is 0 Å². The number of unbranched alkanes of at least 4 members (excludes halogenated alkanes) is 1. The van der Waals surface area contributed by atoms with Crippen molar-refractivity contribution in [1.82, 2.24) is 20.6 Å². The summed E-state index contributed by atoms with van der Waals surface area (Å²) in [4.78, 5) is 13.1. The number of benzene rings is 1. The second-order valence-corrected chi connectivity index (χ2v) is 6.46. The molecule has 2 heterocycles. The number of halogens is 1. The van der Waals surface area contributed by atoms with Crippen LogP contribution in [0.15, 0.2) is 64.3 Å². The van der Waals surface area contributed by atoms with Crippen molar-refractivity contribution in [3.05, 3.63) is 66.2 Å². The van der Waals surface area contributed by atoms with Crippen molar-refractivity contribution < 1.29 is 9.15 Å². The Morgan fingerprint density at radius 3 is 2.67 bits per heavy atom. The maximum Gasteiger partial charge on any atom is 0.226 e. The van der Waals surface area contributed by atoms with Gasteiger partial charge < -0.3 is 19.8 Å². The third-order valence-corrected chi connectivity index (χ3v) is 4.27. The van der Waals surface area contributed by atoms with Crippen LogP contribution in [0.2, 0.25) is 0 Å². The van der Waals surface area contributed by atoms with Crippen molar-refractivity contribution in [2.45, 2.75) is 32.9 Å². The highest BCUT2D eigenvalue weighted by atomic mass is 127. The minimum Gasteiger partial charge on any atom is -0.477 e. The molecule has 0 radical (unpaired) electrons. The fourth-order valence-electron chi connectivity index (χ4n) is 2.68. The number of ether oxygens (including phenoxy) is 1. The SMILES string of the molecule is CCCCOc1ncccc1CNC(=NC)NCc1coc(-c2ccccc2)n1.I. The third-order valence-electron chi connectivity index (χ3n) is 4.27. The van der Waals surface area contributed by atoms with Crippen LogP contribution in [0.1, 0.15) is 31.0 Å². The molecule has 1 aromatic carbocycles. The number of pyridine rings is 1. The molecule has 3 aromatic rings. The number of oxazole rings is 1. The Morgan fingerprint density at radius 2 is 1.90 bits per heavy atom. The minimum atomic E-state index is 0. The van der Waals surface area contributed by atoms with Crippen molar-refractivity contribution in [1.29, 1.82) is 0 Å². The first-order chi connectivity index (χ1) is 14.3. The van der Waals surface area contributed by atoms with E-state index >= 15 is 0 Å². The number of aromatic nitrogens is 2. The van der Waals surface area contributed by atoms with Gasteiger partial charge in [0, 0.05) is 30.9 Å². The fraction of sp³-hybridized carbons (Fsp3) is 0.318. The third kappa shape index (κ3) is 7.01. The Hall–Kier alpha value is -2.62. The molecule has 0 bridgehead atoms. The zero-order valence-corrected chi connectivity index (χ0v) is 19.6.